The molecule has 2 heterocycles. The molecule has 162 valence electrons. The number of hydrogen-bond donors (Lipinski definition) is 4. The number of benzene rings is 2. The third-order valence-corrected chi connectivity index (χ3v) is 5.11. The van der Waals surface area contributed by atoms with E-state index in [9.17, 15) is 18.0 Å². The van der Waals surface area contributed by atoms with Gasteiger partial charge in [-0.05, 0) is 55.4 Å². The van der Waals surface area contributed by atoms with Crippen molar-refractivity contribution in [1.82, 2.24) is 16.0 Å². The minimum atomic E-state index is -1.52. The van der Waals surface area contributed by atoms with Crippen molar-refractivity contribution < 1.29 is 18.0 Å². The maximum absolute atomic E-state index is 13.6. The lowest BCUT2D eigenvalue weighted by Crippen LogP contribution is -2.51. The van der Waals surface area contributed by atoms with Gasteiger partial charge in [0, 0.05) is 29.6 Å². The first-order valence-corrected chi connectivity index (χ1v) is 9.90. The number of fused-ring (bicyclic) bond motifs is 1. The van der Waals surface area contributed by atoms with E-state index in [1.807, 2.05) is 24.3 Å². The highest BCUT2D eigenvalue weighted by molar-refractivity contribution is 5.96. The fraction of sp³-hybridized carbons (Fsp3) is 0.227. The standard InChI is InChI=1S/C22H22F3N5O/c23-17-8-14(9-18(24)20(17)25)19-10-15-12-30(22(31)29-21(15)28-19)16-4-2-13(3-5-16)11-27-7-1-6-26/h2-5,8-10,12,21,27-28H,1,6-7,11,26H2,(H,29,31). The van der Waals surface area contributed by atoms with Crippen LogP contribution in [0, 0.1) is 17.5 Å². The molecule has 2 aliphatic heterocycles. The van der Waals surface area contributed by atoms with Crippen molar-refractivity contribution in [3.63, 3.8) is 0 Å². The van der Waals surface area contributed by atoms with Crippen LogP contribution in [0.1, 0.15) is 17.5 Å². The van der Waals surface area contributed by atoms with Gasteiger partial charge in [0.15, 0.2) is 17.5 Å². The summed E-state index contributed by atoms with van der Waals surface area (Å²) in [5.41, 5.74) is 8.47. The number of urea groups is 1. The van der Waals surface area contributed by atoms with E-state index < -0.39 is 23.6 Å². The highest BCUT2D eigenvalue weighted by Gasteiger charge is 2.31. The molecule has 9 heteroatoms. The minimum absolute atomic E-state index is 0.152. The Morgan fingerprint density at radius 1 is 1.06 bits per heavy atom. The van der Waals surface area contributed by atoms with Gasteiger partial charge >= 0.3 is 6.03 Å². The van der Waals surface area contributed by atoms with Gasteiger partial charge in [0.05, 0.1) is 5.69 Å². The zero-order chi connectivity index (χ0) is 22.0. The molecule has 0 aliphatic carbocycles. The summed E-state index contributed by atoms with van der Waals surface area (Å²) in [6.45, 7) is 2.18. The Labute approximate surface area is 177 Å². The Bertz CT molecular complexity index is 1030. The second-order valence-corrected chi connectivity index (χ2v) is 7.32. The van der Waals surface area contributed by atoms with Gasteiger partial charge in [-0.2, -0.15) is 0 Å². The lowest BCUT2D eigenvalue weighted by atomic mass is 10.1. The van der Waals surface area contributed by atoms with Gasteiger partial charge < -0.3 is 21.7 Å². The smallest absolute Gasteiger partial charge is 0.327 e. The number of carbonyl (C=O) groups excluding carboxylic acids is 1. The highest BCUT2D eigenvalue weighted by Crippen LogP contribution is 2.29. The van der Waals surface area contributed by atoms with Gasteiger partial charge in [0.2, 0.25) is 0 Å². The molecule has 2 amide bonds. The minimum Gasteiger partial charge on any atom is -0.361 e. The molecule has 0 fully saturated rings. The van der Waals surface area contributed by atoms with Crippen molar-refractivity contribution in [1.29, 1.82) is 0 Å². The molecule has 5 N–H and O–H groups in total. The van der Waals surface area contributed by atoms with Crippen LogP contribution in [0.4, 0.5) is 23.7 Å². The summed E-state index contributed by atoms with van der Waals surface area (Å²) in [6, 6.07) is 9.02. The summed E-state index contributed by atoms with van der Waals surface area (Å²) in [5, 5.41) is 9.08. The van der Waals surface area contributed by atoms with Crippen molar-refractivity contribution in [2.75, 3.05) is 18.0 Å². The number of nitrogens with zero attached hydrogens (tertiary/aromatic N) is 1. The van der Waals surface area contributed by atoms with Crippen LogP contribution < -0.4 is 26.6 Å². The van der Waals surface area contributed by atoms with Gasteiger partial charge in [-0.15, -0.1) is 0 Å². The fourth-order valence-electron chi connectivity index (χ4n) is 3.47. The number of amides is 2. The lowest BCUT2D eigenvalue weighted by molar-refractivity contribution is 0.244. The third kappa shape index (κ3) is 4.42. The van der Waals surface area contributed by atoms with E-state index in [1.165, 1.54) is 4.90 Å². The second-order valence-electron chi connectivity index (χ2n) is 7.32. The van der Waals surface area contributed by atoms with E-state index in [2.05, 4.69) is 16.0 Å². The zero-order valence-electron chi connectivity index (χ0n) is 16.6. The van der Waals surface area contributed by atoms with Crippen molar-refractivity contribution in [3.05, 3.63) is 82.8 Å². The van der Waals surface area contributed by atoms with Crippen molar-refractivity contribution in [3.8, 4) is 0 Å². The molecule has 2 aromatic rings. The molecule has 1 unspecified atom stereocenters. The first-order valence-electron chi connectivity index (χ1n) is 9.90. The maximum atomic E-state index is 13.6. The monoisotopic (exact) mass is 429 g/mol. The Hall–Kier alpha value is -3.30. The van der Waals surface area contributed by atoms with Crippen LogP contribution in [0.15, 0.2) is 54.2 Å². The second kappa shape index (κ2) is 8.83. The van der Waals surface area contributed by atoms with Gasteiger partial charge in [0.1, 0.15) is 6.17 Å². The average Bonchev–Trinajstić information content (AvgIpc) is 3.17. The highest BCUT2D eigenvalue weighted by atomic mass is 19.2. The topological polar surface area (TPSA) is 82.4 Å². The van der Waals surface area contributed by atoms with Crippen LogP contribution in [0.5, 0.6) is 0 Å². The van der Waals surface area contributed by atoms with E-state index in [1.54, 1.807) is 12.3 Å². The molecule has 0 aromatic heterocycles. The molecule has 0 spiro atoms. The molecule has 0 radical (unpaired) electrons. The zero-order valence-corrected chi connectivity index (χ0v) is 16.6. The number of anilines is 1. The van der Waals surface area contributed by atoms with Crippen LogP contribution in [-0.2, 0) is 6.54 Å². The van der Waals surface area contributed by atoms with Crippen LogP contribution in [0.2, 0.25) is 0 Å². The predicted molar refractivity (Wildman–Crippen MR) is 112 cm³/mol. The number of carbonyl (C=O) groups is 1. The summed E-state index contributed by atoms with van der Waals surface area (Å²) < 4.78 is 40.4. The fourth-order valence-corrected chi connectivity index (χ4v) is 3.47. The van der Waals surface area contributed by atoms with E-state index in [4.69, 9.17) is 5.73 Å². The van der Waals surface area contributed by atoms with Crippen molar-refractivity contribution in [2.24, 2.45) is 5.73 Å². The predicted octanol–water partition coefficient (Wildman–Crippen LogP) is 2.93. The van der Waals surface area contributed by atoms with Crippen molar-refractivity contribution in [2.45, 2.75) is 19.1 Å². The molecule has 1 atom stereocenters. The molecule has 0 bridgehead atoms. The quantitative estimate of drug-likeness (QED) is 0.403. The number of halogens is 3. The van der Waals surface area contributed by atoms with E-state index in [-0.39, 0.29) is 11.6 Å². The van der Waals surface area contributed by atoms with E-state index >= 15 is 0 Å². The molecule has 0 saturated carbocycles. The lowest BCUT2D eigenvalue weighted by Gasteiger charge is -2.29. The number of nitrogens with one attached hydrogen (secondary N) is 3. The summed E-state index contributed by atoms with van der Waals surface area (Å²) >= 11 is 0. The van der Waals surface area contributed by atoms with E-state index in [0.29, 0.717) is 30.0 Å². The molecule has 2 aromatic carbocycles. The SMILES string of the molecule is NCCCNCc1ccc(N2C=C3C=C(c4cc(F)c(F)c(F)c4)NC3NC2=O)cc1. The molecular weight excluding hydrogens is 407 g/mol. The molecule has 6 nitrogen and oxygen atoms in total. The van der Waals surface area contributed by atoms with Crippen LogP contribution in [0.25, 0.3) is 5.70 Å². The van der Waals surface area contributed by atoms with E-state index in [0.717, 1.165) is 30.7 Å². The Balaban J connectivity index is 1.52. The van der Waals surface area contributed by atoms with Gasteiger partial charge in [0.25, 0.3) is 0 Å². The normalized spacial score (nSPS) is 17.6. The first-order chi connectivity index (χ1) is 15.0. The summed E-state index contributed by atoms with van der Waals surface area (Å²) in [4.78, 5) is 14.0. The Kier molecular flexibility index (Phi) is 5.97. The first kappa shape index (κ1) is 21.0. The number of hydrogen-bond acceptors (Lipinski definition) is 4. The van der Waals surface area contributed by atoms with Gasteiger partial charge in [-0.1, -0.05) is 12.1 Å². The molecule has 2 aliphatic rings. The molecule has 4 rings (SSSR count). The van der Waals surface area contributed by atoms with Crippen molar-refractivity contribution >= 4 is 17.4 Å². The maximum Gasteiger partial charge on any atom is 0.327 e. The summed E-state index contributed by atoms with van der Waals surface area (Å²) in [7, 11) is 0. The number of nitrogens with two attached hydrogens (primary N) is 1. The average molecular weight is 429 g/mol. The summed E-state index contributed by atoms with van der Waals surface area (Å²) in [5.74, 6) is -4.06. The van der Waals surface area contributed by atoms with Crippen LogP contribution >= 0.6 is 0 Å². The Morgan fingerprint density at radius 2 is 1.77 bits per heavy atom. The summed E-state index contributed by atoms with van der Waals surface area (Å²) in [6.07, 6.45) is 3.69. The molecule has 31 heavy (non-hydrogen) atoms. The largest absolute Gasteiger partial charge is 0.361 e. The molecule has 0 saturated heterocycles. The number of rotatable bonds is 7. The van der Waals surface area contributed by atoms with Gasteiger partial charge in [-0.25, -0.2) is 18.0 Å². The van der Waals surface area contributed by atoms with Gasteiger partial charge in [-0.3, -0.25) is 4.90 Å². The third-order valence-electron chi connectivity index (χ3n) is 5.11. The Morgan fingerprint density at radius 3 is 2.45 bits per heavy atom. The van der Waals surface area contributed by atoms with Crippen LogP contribution in [-0.4, -0.2) is 25.3 Å². The molecular formula is C22H22F3N5O. The van der Waals surface area contributed by atoms with Crippen LogP contribution in [0.3, 0.4) is 0 Å².